The van der Waals surface area contributed by atoms with Crippen molar-refractivity contribution in [2.45, 2.75) is 51.5 Å². The van der Waals surface area contributed by atoms with Gasteiger partial charge >= 0.3 is 6.03 Å². The molecule has 1 aliphatic rings. The van der Waals surface area contributed by atoms with Crippen LogP contribution in [0.15, 0.2) is 0 Å². The van der Waals surface area contributed by atoms with Gasteiger partial charge in [0.05, 0.1) is 0 Å². The molecule has 0 aromatic rings. The highest BCUT2D eigenvalue weighted by Gasteiger charge is 2.25. The number of nitrogens with one attached hydrogen (secondary N) is 2. The van der Waals surface area contributed by atoms with E-state index in [9.17, 15) is 9.90 Å². The van der Waals surface area contributed by atoms with Gasteiger partial charge < -0.3 is 15.7 Å². The molecule has 0 aromatic heterocycles. The first-order valence-electron chi connectivity index (χ1n) is 6.43. The molecule has 0 saturated heterocycles. The Kier molecular flexibility index (Phi) is 6.23. The van der Waals surface area contributed by atoms with Crippen LogP contribution in [0.5, 0.6) is 0 Å². The quantitative estimate of drug-likeness (QED) is 0.626. The molecular formula is C12H24N2O2. The molecule has 4 heteroatoms. The highest BCUT2D eigenvalue weighted by molar-refractivity contribution is 5.74. The van der Waals surface area contributed by atoms with E-state index in [2.05, 4.69) is 17.6 Å². The molecule has 3 N–H and O–H groups in total. The van der Waals surface area contributed by atoms with Gasteiger partial charge in [0.25, 0.3) is 0 Å². The number of urea groups is 1. The number of aliphatic hydroxyl groups excluding tert-OH is 1. The Labute approximate surface area is 97.8 Å². The lowest BCUT2D eigenvalue weighted by molar-refractivity contribution is 0.153. The fourth-order valence-electron chi connectivity index (χ4n) is 2.21. The summed E-state index contributed by atoms with van der Waals surface area (Å²) in [5.74, 6) is 0.241. The second kappa shape index (κ2) is 7.49. The topological polar surface area (TPSA) is 61.4 Å². The van der Waals surface area contributed by atoms with Gasteiger partial charge in [0.2, 0.25) is 0 Å². The summed E-state index contributed by atoms with van der Waals surface area (Å²) < 4.78 is 0. The van der Waals surface area contributed by atoms with E-state index in [1.807, 2.05) is 0 Å². The largest absolute Gasteiger partial charge is 0.396 e. The van der Waals surface area contributed by atoms with Gasteiger partial charge in [0, 0.05) is 25.1 Å². The van der Waals surface area contributed by atoms with Crippen LogP contribution < -0.4 is 10.6 Å². The van der Waals surface area contributed by atoms with E-state index < -0.39 is 0 Å². The predicted octanol–water partition coefficient (Wildman–Crippen LogP) is 1.64. The van der Waals surface area contributed by atoms with Crippen molar-refractivity contribution in [2.75, 3.05) is 13.2 Å². The van der Waals surface area contributed by atoms with Crippen LogP contribution in [0, 0.1) is 5.92 Å². The van der Waals surface area contributed by atoms with Gasteiger partial charge in [-0.25, -0.2) is 4.79 Å². The van der Waals surface area contributed by atoms with Crippen molar-refractivity contribution < 1.29 is 9.90 Å². The van der Waals surface area contributed by atoms with Gasteiger partial charge in [0.1, 0.15) is 0 Å². The van der Waals surface area contributed by atoms with Gasteiger partial charge in [-0.1, -0.05) is 26.2 Å². The third-order valence-electron chi connectivity index (χ3n) is 3.28. The molecule has 0 radical (unpaired) electrons. The molecule has 4 nitrogen and oxygen atoms in total. The molecule has 0 aromatic carbocycles. The zero-order valence-corrected chi connectivity index (χ0v) is 10.2. The molecule has 2 unspecified atom stereocenters. The number of aliphatic hydroxyl groups is 1. The van der Waals surface area contributed by atoms with Crippen molar-refractivity contribution in [2.24, 2.45) is 5.92 Å². The predicted molar refractivity (Wildman–Crippen MR) is 64.3 cm³/mol. The number of hydrogen-bond donors (Lipinski definition) is 3. The van der Waals surface area contributed by atoms with E-state index in [1.54, 1.807) is 0 Å². The Bertz CT molecular complexity index is 209. The highest BCUT2D eigenvalue weighted by atomic mass is 16.3. The van der Waals surface area contributed by atoms with Gasteiger partial charge in [-0.05, 0) is 19.3 Å². The van der Waals surface area contributed by atoms with Crippen LogP contribution in [-0.2, 0) is 0 Å². The number of unbranched alkanes of at least 4 members (excludes halogenated alkanes) is 1. The van der Waals surface area contributed by atoms with Crippen molar-refractivity contribution in [3.8, 4) is 0 Å². The van der Waals surface area contributed by atoms with Crippen molar-refractivity contribution >= 4 is 6.03 Å². The summed E-state index contributed by atoms with van der Waals surface area (Å²) in [6.07, 6.45) is 6.44. The summed E-state index contributed by atoms with van der Waals surface area (Å²) in [5.41, 5.74) is 0. The van der Waals surface area contributed by atoms with E-state index in [1.165, 1.54) is 6.42 Å². The summed E-state index contributed by atoms with van der Waals surface area (Å²) in [4.78, 5) is 11.5. The molecule has 2 amide bonds. The second-order valence-corrected chi connectivity index (χ2v) is 4.59. The summed E-state index contributed by atoms with van der Waals surface area (Å²) in [6.45, 7) is 3.02. The van der Waals surface area contributed by atoms with Crippen LogP contribution in [0.4, 0.5) is 4.79 Å². The molecule has 0 bridgehead atoms. The van der Waals surface area contributed by atoms with E-state index in [0.29, 0.717) is 0 Å². The zero-order valence-electron chi connectivity index (χ0n) is 10.2. The van der Waals surface area contributed by atoms with E-state index in [0.717, 1.165) is 38.6 Å². The SMILES string of the molecule is CCCCNC(=O)NC1CCCCC1CO. The third kappa shape index (κ3) is 4.39. The first-order chi connectivity index (χ1) is 7.77. The molecule has 1 fully saturated rings. The smallest absolute Gasteiger partial charge is 0.315 e. The maximum atomic E-state index is 11.5. The Morgan fingerprint density at radius 2 is 2.12 bits per heavy atom. The van der Waals surface area contributed by atoms with Crippen molar-refractivity contribution in [1.29, 1.82) is 0 Å². The van der Waals surface area contributed by atoms with Crippen molar-refractivity contribution in [3.63, 3.8) is 0 Å². The lowest BCUT2D eigenvalue weighted by Gasteiger charge is -2.30. The summed E-state index contributed by atoms with van der Waals surface area (Å²) in [5, 5.41) is 15.0. The molecule has 0 aliphatic heterocycles. The average Bonchev–Trinajstić information content (AvgIpc) is 2.30. The van der Waals surface area contributed by atoms with Crippen molar-refractivity contribution in [1.82, 2.24) is 10.6 Å². The molecule has 0 heterocycles. The molecule has 0 spiro atoms. The Morgan fingerprint density at radius 3 is 2.81 bits per heavy atom. The Hall–Kier alpha value is -0.770. The van der Waals surface area contributed by atoms with Crippen LogP contribution >= 0.6 is 0 Å². The van der Waals surface area contributed by atoms with Crippen LogP contribution in [0.1, 0.15) is 45.4 Å². The molecule has 2 atom stereocenters. The fraction of sp³-hybridized carbons (Fsp3) is 0.917. The number of amides is 2. The fourth-order valence-corrected chi connectivity index (χ4v) is 2.21. The Morgan fingerprint density at radius 1 is 1.38 bits per heavy atom. The first kappa shape index (κ1) is 13.3. The molecule has 1 rings (SSSR count). The number of carbonyl (C=O) groups is 1. The summed E-state index contributed by atoms with van der Waals surface area (Å²) in [6, 6.07) is 0.0687. The highest BCUT2D eigenvalue weighted by Crippen LogP contribution is 2.23. The number of hydrogen-bond acceptors (Lipinski definition) is 2. The lowest BCUT2D eigenvalue weighted by Crippen LogP contribution is -2.47. The minimum Gasteiger partial charge on any atom is -0.396 e. The minimum absolute atomic E-state index is 0.0844. The molecule has 1 saturated carbocycles. The average molecular weight is 228 g/mol. The van der Waals surface area contributed by atoms with Gasteiger partial charge in [0.15, 0.2) is 0 Å². The van der Waals surface area contributed by atoms with Crippen LogP contribution in [0.2, 0.25) is 0 Å². The zero-order chi connectivity index (χ0) is 11.8. The summed E-state index contributed by atoms with van der Waals surface area (Å²) in [7, 11) is 0. The second-order valence-electron chi connectivity index (χ2n) is 4.59. The normalized spacial score (nSPS) is 25.1. The van der Waals surface area contributed by atoms with Crippen LogP contribution in [0.3, 0.4) is 0 Å². The molecule has 94 valence electrons. The monoisotopic (exact) mass is 228 g/mol. The number of rotatable bonds is 5. The molecular weight excluding hydrogens is 204 g/mol. The molecule has 1 aliphatic carbocycles. The molecule has 16 heavy (non-hydrogen) atoms. The summed E-state index contributed by atoms with van der Waals surface area (Å²) >= 11 is 0. The standard InChI is InChI=1S/C12H24N2O2/c1-2-3-8-13-12(16)14-11-7-5-4-6-10(11)9-15/h10-11,15H,2-9H2,1H3,(H2,13,14,16). The maximum Gasteiger partial charge on any atom is 0.315 e. The van der Waals surface area contributed by atoms with Crippen molar-refractivity contribution in [3.05, 3.63) is 0 Å². The lowest BCUT2D eigenvalue weighted by atomic mass is 9.85. The van der Waals surface area contributed by atoms with Crippen LogP contribution in [0.25, 0.3) is 0 Å². The van der Waals surface area contributed by atoms with Gasteiger partial charge in [-0.3, -0.25) is 0 Å². The van der Waals surface area contributed by atoms with Crippen LogP contribution in [-0.4, -0.2) is 30.3 Å². The van der Waals surface area contributed by atoms with E-state index >= 15 is 0 Å². The van der Waals surface area contributed by atoms with E-state index in [4.69, 9.17) is 0 Å². The number of carbonyl (C=O) groups excluding carboxylic acids is 1. The maximum absolute atomic E-state index is 11.5. The van der Waals surface area contributed by atoms with Gasteiger partial charge in [-0.2, -0.15) is 0 Å². The minimum atomic E-state index is -0.0844. The third-order valence-corrected chi connectivity index (χ3v) is 3.28. The Balaban J connectivity index is 2.25. The van der Waals surface area contributed by atoms with E-state index in [-0.39, 0.29) is 24.6 Å². The van der Waals surface area contributed by atoms with Gasteiger partial charge in [-0.15, -0.1) is 0 Å². The first-order valence-corrected chi connectivity index (χ1v) is 6.43.